The first-order valence-corrected chi connectivity index (χ1v) is 19.4. The zero-order valence-corrected chi connectivity index (χ0v) is 31.1. The molecule has 0 saturated heterocycles. The number of alkyl carbamates (subject to hydrolysis) is 1. The van der Waals surface area contributed by atoms with Crippen molar-refractivity contribution in [2.45, 2.75) is 36.5 Å². The van der Waals surface area contributed by atoms with E-state index in [9.17, 15) is 14.4 Å². The van der Waals surface area contributed by atoms with E-state index < -0.39 is 22.8 Å². The highest BCUT2D eigenvalue weighted by Crippen LogP contribution is 2.49. The summed E-state index contributed by atoms with van der Waals surface area (Å²) in [5, 5.41) is 2.90. The number of nitrogens with one attached hydrogen (secondary N) is 1. The van der Waals surface area contributed by atoms with Crippen LogP contribution >= 0.6 is 11.8 Å². The summed E-state index contributed by atoms with van der Waals surface area (Å²) in [5.74, 6) is -0.579. The Bertz CT molecular complexity index is 2050. The number of ether oxygens (including phenoxy) is 1. The number of thioether (sulfide) groups is 1. The molecule has 0 bridgehead atoms. The van der Waals surface area contributed by atoms with Crippen LogP contribution in [0.4, 0.5) is 4.79 Å². The number of rotatable bonds is 15. The predicted octanol–water partition coefficient (Wildman–Crippen LogP) is 10.0. The van der Waals surface area contributed by atoms with Gasteiger partial charge in [0.25, 0.3) is 0 Å². The van der Waals surface area contributed by atoms with Crippen molar-refractivity contribution in [3.8, 4) is 11.1 Å². The van der Waals surface area contributed by atoms with Crippen molar-refractivity contribution in [2.24, 2.45) is 5.92 Å². The fourth-order valence-corrected chi connectivity index (χ4v) is 9.29. The summed E-state index contributed by atoms with van der Waals surface area (Å²) in [5.41, 5.74) is 8.66. The Labute approximate surface area is 321 Å². The molecule has 0 aromatic heterocycles. The molecule has 6 aromatic rings. The van der Waals surface area contributed by atoms with Crippen molar-refractivity contribution < 1.29 is 19.1 Å². The number of carbonyl (C=O) groups excluding carboxylic acids is 3. The number of carbonyl (C=O) groups is 3. The van der Waals surface area contributed by atoms with Gasteiger partial charge in [-0.25, -0.2) is 4.79 Å². The monoisotopic (exact) mass is 729 g/mol. The van der Waals surface area contributed by atoms with Crippen LogP contribution in [0.1, 0.15) is 52.6 Å². The van der Waals surface area contributed by atoms with E-state index in [0.29, 0.717) is 5.75 Å². The van der Waals surface area contributed by atoms with Gasteiger partial charge in [-0.15, -0.1) is 11.8 Å². The maximum absolute atomic E-state index is 14.3. The highest BCUT2D eigenvalue weighted by Gasteiger charge is 2.39. The zero-order valence-electron chi connectivity index (χ0n) is 30.3. The lowest BCUT2D eigenvalue weighted by Gasteiger charge is -2.36. The van der Waals surface area contributed by atoms with Crippen LogP contribution in [0.15, 0.2) is 170 Å². The number of benzene rings is 6. The largest absolute Gasteiger partial charge is 0.449 e. The third-order valence-electron chi connectivity index (χ3n) is 10.4. The third kappa shape index (κ3) is 7.95. The van der Waals surface area contributed by atoms with Gasteiger partial charge in [0.1, 0.15) is 12.4 Å². The molecular formula is C48H43NO4S. The van der Waals surface area contributed by atoms with E-state index >= 15 is 0 Å². The molecule has 0 saturated carbocycles. The third-order valence-corrected chi connectivity index (χ3v) is 12.1. The second-order valence-corrected chi connectivity index (χ2v) is 15.0. The molecule has 5 nitrogen and oxygen atoms in total. The minimum atomic E-state index is -0.878. The lowest BCUT2D eigenvalue weighted by molar-refractivity contribution is -0.127. The molecule has 2 atom stereocenters. The summed E-state index contributed by atoms with van der Waals surface area (Å²) in [6.45, 7) is 1.69. The van der Waals surface area contributed by atoms with Gasteiger partial charge >= 0.3 is 6.09 Å². The van der Waals surface area contributed by atoms with E-state index in [2.05, 4.69) is 66.0 Å². The topological polar surface area (TPSA) is 72.5 Å². The molecule has 0 fully saturated rings. The van der Waals surface area contributed by atoms with Crippen LogP contribution in [0.5, 0.6) is 0 Å². The quantitative estimate of drug-likeness (QED) is 0.107. The summed E-state index contributed by atoms with van der Waals surface area (Å²) < 4.78 is 5.24. The van der Waals surface area contributed by atoms with Gasteiger partial charge in [0.15, 0.2) is 5.78 Å². The first-order chi connectivity index (χ1) is 26.4. The Balaban J connectivity index is 1.11. The van der Waals surface area contributed by atoms with Crippen LogP contribution in [-0.4, -0.2) is 36.1 Å². The smallest absolute Gasteiger partial charge is 0.407 e. The fourth-order valence-electron chi connectivity index (χ4n) is 7.58. The molecule has 6 heteroatoms. The minimum Gasteiger partial charge on any atom is -0.449 e. The summed E-state index contributed by atoms with van der Waals surface area (Å²) >= 11 is 1.66. The van der Waals surface area contributed by atoms with E-state index in [0.717, 1.165) is 44.5 Å². The van der Waals surface area contributed by atoms with Gasteiger partial charge in [0.05, 0.1) is 10.8 Å². The van der Waals surface area contributed by atoms with Crippen molar-refractivity contribution >= 4 is 29.4 Å². The highest BCUT2D eigenvalue weighted by molar-refractivity contribution is 8.00. The van der Waals surface area contributed by atoms with E-state index in [1.165, 1.54) is 0 Å². The fraction of sp³-hybridized carbons (Fsp3) is 0.188. The van der Waals surface area contributed by atoms with Crippen LogP contribution < -0.4 is 5.32 Å². The first kappa shape index (κ1) is 36.6. The summed E-state index contributed by atoms with van der Waals surface area (Å²) in [6.07, 6.45) is -0.391. The number of ketones is 2. The molecule has 0 spiro atoms. The van der Waals surface area contributed by atoms with Crippen molar-refractivity contribution in [1.29, 1.82) is 0 Å². The summed E-state index contributed by atoms with van der Waals surface area (Å²) in [4.78, 5) is 41.2. The van der Waals surface area contributed by atoms with Gasteiger partial charge < -0.3 is 10.1 Å². The molecule has 6 aromatic carbocycles. The molecule has 7 rings (SSSR count). The Morgan fingerprint density at radius 3 is 1.56 bits per heavy atom. The number of Topliss-reactive ketones (excluding diaryl/α,β-unsaturated/α-hetero) is 2. The molecule has 0 unspecified atom stereocenters. The molecular weight excluding hydrogens is 687 g/mol. The van der Waals surface area contributed by atoms with Crippen LogP contribution in [-0.2, 0) is 25.5 Å². The first-order valence-electron chi connectivity index (χ1n) is 18.4. The van der Waals surface area contributed by atoms with Crippen LogP contribution in [0.3, 0.4) is 0 Å². The van der Waals surface area contributed by atoms with E-state index in [-0.39, 0.29) is 36.9 Å². The number of hydrogen-bond donors (Lipinski definition) is 1. The second-order valence-electron chi connectivity index (χ2n) is 13.8. The lowest BCUT2D eigenvalue weighted by Crippen LogP contribution is -2.44. The average molecular weight is 730 g/mol. The lowest BCUT2D eigenvalue weighted by atomic mass is 9.84. The molecule has 0 radical (unpaired) electrons. The van der Waals surface area contributed by atoms with E-state index in [1.807, 2.05) is 109 Å². The maximum Gasteiger partial charge on any atom is 0.407 e. The van der Waals surface area contributed by atoms with E-state index in [1.54, 1.807) is 18.7 Å². The van der Waals surface area contributed by atoms with Crippen LogP contribution in [0.25, 0.3) is 11.1 Å². The average Bonchev–Trinajstić information content (AvgIpc) is 3.54. The normalized spacial score (nSPS) is 13.3. The van der Waals surface area contributed by atoms with Gasteiger partial charge in [-0.3, -0.25) is 9.59 Å². The molecule has 54 heavy (non-hydrogen) atoms. The van der Waals surface area contributed by atoms with Gasteiger partial charge in [-0.05, 0) is 57.9 Å². The Kier molecular flexibility index (Phi) is 11.5. The number of amides is 1. The van der Waals surface area contributed by atoms with Gasteiger partial charge in [0, 0.05) is 24.0 Å². The summed E-state index contributed by atoms with van der Waals surface area (Å²) in [7, 11) is 0. The van der Waals surface area contributed by atoms with Gasteiger partial charge in [0.2, 0.25) is 0 Å². The molecule has 1 aliphatic rings. The Hall–Kier alpha value is -5.72. The molecule has 1 amide bonds. The van der Waals surface area contributed by atoms with Crippen molar-refractivity contribution in [1.82, 2.24) is 5.32 Å². The molecule has 0 heterocycles. The zero-order chi connectivity index (χ0) is 37.3. The summed E-state index contributed by atoms with van der Waals surface area (Å²) in [6, 6.07) is 56.0. The van der Waals surface area contributed by atoms with Gasteiger partial charge in [-0.1, -0.05) is 170 Å². The Morgan fingerprint density at radius 1 is 0.630 bits per heavy atom. The van der Waals surface area contributed by atoms with Crippen molar-refractivity contribution in [3.63, 3.8) is 0 Å². The number of hydrogen-bond acceptors (Lipinski definition) is 5. The SMILES string of the molecule is CC(=O)[C@H](CSC(c1ccccc1)(c1ccccc1)c1ccccc1)CC(=O)[C@H](Cc1ccccc1)NC(=O)OCC1c2ccccc2-c2ccccc21. The molecule has 1 N–H and O–H groups in total. The van der Waals surface area contributed by atoms with Crippen LogP contribution in [0.2, 0.25) is 0 Å². The Morgan fingerprint density at radius 2 is 1.07 bits per heavy atom. The second kappa shape index (κ2) is 17.0. The highest BCUT2D eigenvalue weighted by atomic mass is 32.2. The molecule has 270 valence electrons. The standard InChI is InChI=1S/C48H43NO4S/c1-34(50)36(33-54-48(37-20-8-3-9-21-37,38-22-10-4-11-23-38)39-24-12-5-13-25-39)31-46(51)45(30-35-18-6-2-7-19-35)49-47(52)53-32-44-42-28-16-14-26-40(42)41-27-15-17-29-43(41)44/h2-29,36,44-45H,30-33H2,1H3,(H,49,52)/t36-,45-/m0/s1. The maximum atomic E-state index is 14.3. The van der Waals surface area contributed by atoms with E-state index in [4.69, 9.17) is 4.74 Å². The molecule has 1 aliphatic carbocycles. The molecule has 0 aliphatic heterocycles. The van der Waals surface area contributed by atoms with Crippen molar-refractivity contribution in [2.75, 3.05) is 12.4 Å². The minimum absolute atomic E-state index is 0.0159. The predicted molar refractivity (Wildman–Crippen MR) is 218 cm³/mol. The van der Waals surface area contributed by atoms with Gasteiger partial charge in [-0.2, -0.15) is 0 Å². The number of fused-ring (bicyclic) bond motifs is 3. The van der Waals surface area contributed by atoms with Crippen LogP contribution in [0, 0.1) is 5.92 Å². The van der Waals surface area contributed by atoms with Crippen molar-refractivity contribution in [3.05, 3.63) is 203 Å².